The van der Waals surface area contributed by atoms with E-state index in [1.54, 1.807) is 6.07 Å². The van der Waals surface area contributed by atoms with Gasteiger partial charge in [-0.2, -0.15) is 0 Å². The molecule has 18 heavy (non-hydrogen) atoms. The Morgan fingerprint density at radius 1 is 1.22 bits per heavy atom. The van der Waals surface area contributed by atoms with Gasteiger partial charge in [0.25, 0.3) is 0 Å². The summed E-state index contributed by atoms with van der Waals surface area (Å²) in [7, 11) is 0. The summed E-state index contributed by atoms with van der Waals surface area (Å²) in [5, 5.41) is 0. The first-order valence-electron chi connectivity index (χ1n) is 6.44. The molecule has 0 saturated heterocycles. The molecule has 3 rings (SSSR count). The maximum atomic E-state index is 12.5. The molecule has 1 heterocycles. The molecule has 0 amide bonds. The molecular weight excluding hydrogens is 224 g/mol. The molecule has 0 saturated carbocycles. The summed E-state index contributed by atoms with van der Waals surface area (Å²) in [4.78, 5) is 12.5. The number of hydrogen-bond acceptors (Lipinski definition) is 2. The van der Waals surface area contributed by atoms with E-state index in [4.69, 9.17) is 4.42 Å². The minimum absolute atomic E-state index is 0.0273. The second kappa shape index (κ2) is 4.45. The van der Waals surface area contributed by atoms with E-state index < -0.39 is 0 Å². The summed E-state index contributed by atoms with van der Waals surface area (Å²) in [6.07, 6.45) is 3.08. The topological polar surface area (TPSA) is 30.2 Å². The van der Waals surface area contributed by atoms with Crippen LogP contribution in [0.4, 0.5) is 0 Å². The molecule has 1 unspecified atom stereocenters. The second-order valence-corrected chi connectivity index (χ2v) is 4.92. The fourth-order valence-corrected chi connectivity index (χ4v) is 2.76. The maximum absolute atomic E-state index is 12.5. The van der Waals surface area contributed by atoms with Gasteiger partial charge in [0.1, 0.15) is 5.76 Å². The predicted molar refractivity (Wildman–Crippen MR) is 69.9 cm³/mol. The normalized spacial score (nSPS) is 18.4. The molecule has 0 bridgehead atoms. The van der Waals surface area contributed by atoms with Crippen molar-refractivity contribution < 1.29 is 9.21 Å². The van der Waals surface area contributed by atoms with Crippen LogP contribution in [-0.4, -0.2) is 5.78 Å². The molecule has 1 aliphatic rings. The van der Waals surface area contributed by atoms with Crippen LogP contribution in [0, 0.1) is 6.92 Å². The minimum atomic E-state index is -0.0273. The molecule has 0 spiro atoms. The number of carbonyl (C=O) groups is 1. The summed E-state index contributed by atoms with van der Waals surface area (Å²) < 4.78 is 5.46. The first-order valence-corrected chi connectivity index (χ1v) is 6.44. The Kier molecular flexibility index (Phi) is 2.78. The van der Waals surface area contributed by atoms with Crippen molar-refractivity contribution in [2.45, 2.75) is 32.1 Å². The quantitative estimate of drug-likeness (QED) is 0.745. The molecule has 2 aromatic rings. The third-order valence-corrected chi connectivity index (χ3v) is 3.67. The minimum Gasteiger partial charge on any atom is -0.458 e. The molecule has 1 aromatic carbocycles. The Balaban J connectivity index is 1.96. The van der Waals surface area contributed by atoms with E-state index in [9.17, 15) is 4.79 Å². The molecule has 2 nitrogen and oxygen atoms in total. The average Bonchev–Trinajstić information content (AvgIpc) is 2.84. The summed E-state index contributed by atoms with van der Waals surface area (Å²) in [6.45, 7) is 1.87. The Morgan fingerprint density at radius 3 is 2.83 bits per heavy atom. The van der Waals surface area contributed by atoms with Crippen LogP contribution < -0.4 is 0 Å². The van der Waals surface area contributed by atoms with E-state index in [0.717, 1.165) is 25.0 Å². The monoisotopic (exact) mass is 240 g/mol. The van der Waals surface area contributed by atoms with Gasteiger partial charge in [-0.1, -0.05) is 24.3 Å². The van der Waals surface area contributed by atoms with E-state index in [0.29, 0.717) is 5.76 Å². The van der Waals surface area contributed by atoms with E-state index >= 15 is 0 Å². The van der Waals surface area contributed by atoms with Crippen LogP contribution in [0.5, 0.6) is 0 Å². The number of ketones is 1. The van der Waals surface area contributed by atoms with Gasteiger partial charge in [-0.15, -0.1) is 0 Å². The highest BCUT2D eigenvalue weighted by Gasteiger charge is 2.28. The predicted octanol–water partition coefficient (Wildman–Crippen LogP) is 3.89. The lowest BCUT2D eigenvalue weighted by Gasteiger charge is -2.23. The van der Waals surface area contributed by atoms with Crippen LogP contribution in [0.25, 0.3) is 0 Å². The van der Waals surface area contributed by atoms with Crippen molar-refractivity contribution in [2.24, 2.45) is 0 Å². The fraction of sp³-hybridized carbons (Fsp3) is 0.312. The first-order chi connectivity index (χ1) is 8.75. The van der Waals surface area contributed by atoms with E-state index in [1.807, 2.05) is 25.1 Å². The number of rotatable bonds is 2. The van der Waals surface area contributed by atoms with Crippen LogP contribution in [0.15, 0.2) is 40.8 Å². The van der Waals surface area contributed by atoms with Crippen LogP contribution in [0.3, 0.4) is 0 Å². The van der Waals surface area contributed by atoms with Crippen molar-refractivity contribution in [2.75, 3.05) is 0 Å². The van der Waals surface area contributed by atoms with Crippen LogP contribution >= 0.6 is 0 Å². The largest absolute Gasteiger partial charge is 0.458 e. The zero-order chi connectivity index (χ0) is 12.5. The highest BCUT2D eigenvalue weighted by Crippen LogP contribution is 2.34. The van der Waals surface area contributed by atoms with Crippen LogP contribution in [0.1, 0.15) is 46.2 Å². The number of benzene rings is 1. The third-order valence-electron chi connectivity index (χ3n) is 3.67. The Hall–Kier alpha value is -1.83. The number of carbonyl (C=O) groups excluding carboxylic acids is 1. The number of aryl methyl sites for hydroxylation is 2. The second-order valence-electron chi connectivity index (χ2n) is 4.92. The third kappa shape index (κ3) is 1.88. The lowest BCUT2D eigenvalue weighted by Crippen LogP contribution is -2.18. The summed E-state index contributed by atoms with van der Waals surface area (Å²) >= 11 is 0. The van der Waals surface area contributed by atoms with Gasteiger partial charge >= 0.3 is 0 Å². The highest BCUT2D eigenvalue weighted by atomic mass is 16.3. The van der Waals surface area contributed by atoms with Gasteiger partial charge in [0.2, 0.25) is 5.78 Å². The molecule has 0 N–H and O–H groups in total. The number of furan rings is 1. The molecule has 0 aliphatic heterocycles. The molecule has 0 fully saturated rings. The molecule has 92 valence electrons. The fourth-order valence-electron chi connectivity index (χ4n) is 2.76. The number of fused-ring (bicyclic) bond motifs is 1. The lowest BCUT2D eigenvalue weighted by atomic mass is 9.80. The maximum Gasteiger partial charge on any atom is 0.205 e. The van der Waals surface area contributed by atoms with Gasteiger partial charge in [0.15, 0.2) is 5.76 Å². The van der Waals surface area contributed by atoms with Crippen LogP contribution in [-0.2, 0) is 6.42 Å². The van der Waals surface area contributed by atoms with Gasteiger partial charge in [0.05, 0.1) is 5.92 Å². The number of Topliss-reactive ketones (excluding diaryl/α,β-unsaturated/α-hetero) is 1. The lowest BCUT2D eigenvalue weighted by molar-refractivity contribution is 0.0922. The van der Waals surface area contributed by atoms with Gasteiger partial charge in [-0.05, 0) is 49.4 Å². The smallest absolute Gasteiger partial charge is 0.205 e. The standard InChI is InChI=1S/C16H16O2/c1-11-9-10-15(18-11)16(17)14-8-4-6-12-5-2-3-7-13(12)14/h2-3,5,7,9-10,14H,4,6,8H2,1H3. The van der Waals surface area contributed by atoms with Crippen molar-refractivity contribution in [1.82, 2.24) is 0 Å². The summed E-state index contributed by atoms with van der Waals surface area (Å²) in [5.41, 5.74) is 2.49. The Bertz CT molecular complexity index is 580. The summed E-state index contributed by atoms with van der Waals surface area (Å²) in [5.74, 6) is 1.38. The van der Waals surface area contributed by atoms with E-state index in [2.05, 4.69) is 12.1 Å². The first kappa shape index (κ1) is 11.3. The molecule has 1 atom stereocenters. The van der Waals surface area contributed by atoms with E-state index in [-0.39, 0.29) is 11.7 Å². The van der Waals surface area contributed by atoms with Gasteiger partial charge in [-0.25, -0.2) is 0 Å². The van der Waals surface area contributed by atoms with Crippen molar-refractivity contribution in [3.05, 3.63) is 59.0 Å². The van der Waals surface area contributed by atoms with Gasteiger partial charge in [-0.3, -0.25) is 4.79 Å². The molecule has 1 aromatic heterocycles. The van der Waals surface area contributed by atoms with Crippen molar-refractivity contribution in [3.8, 4) is 0 Å². The zero-order valence-electron chi connectivity index (χ0n) is 10.5. The number of hydrogen-bond donors (Lipinski definition) is 0. The van der Waals surface area contributed by atoms with Gasteiger partial charge < -0.3 is 4.42 Å². The van der Waals surface area contributed by atoms with Crippen molar-refractivity contribution >= 4 is 5.78 Å². The van der Waals surface area contributed by atoms with Crippen molar-refractivity contribution in [3.63, 3.8) is 0 Å². The zero-order valence-corrected chi connectivity index (χ0v) is 10.5. The summed E-state index contributed by atoms with van der Waals surface area (Å²) in [6, 6.07) is 11.9. The highest BCUT2D eigenvalue weighted by molar-refractivity contribution is 5.99. The SMILES string of the molecule is Cc1ccc(C(=O)C2CCCc3ccccc32)o1. The molecular formula is C16H16O2. The van der Waals surface area contributed by atoms with Crippen molar-refractivity contribution in [1.29, 1.82) is 0 Å². The average molecular weight is 240 g/mol. The molecule has 0 radical (unpaired) electrons. The van der Waals surface area contributed by atoms with E-state index in [1.165, 1.54) is 11.1 Å². The Labute approximate surface area is 107 Å². The molecule has 1 aliphatic carbocycles. The Morgan fingerprint density at radius 2 is 2.06 bits per heavy atom. The van der Waals surface area contributed by atoms with Gasteiger partial charge in [0, 0.05) is 0 Å². The molecule has 2 heteroatoms. The van der Waals surface area contributed by atoms with Crippen LogP contribution in [0.2, 0.25) is 0 Å².